The molecule has 68 valence electrons. The second kappa shape index (κ2) is 4.15. The van der Waals surface area contributed by atoms with Crippen molar-refractivity contribution in [3.05, 3.63) is 35.9 Å². The quantitative estimate of drug-likeness (QED) is 0.441. The van der Waals surface area contributed by atoms with Crippen molar-refractivity contribution >= 4 is 9.52 Å². The van der Waals surface area contributed by atoms with Gasteiger partial charge in [-0.2, -0.15) is 13.2 Å². The molecule has 0 unspecified atom stereocenters. The molecule has 13 heavy (non-hydrogen) atoms. The van der Waals surface area contributed by atoms with Gasteiger partial charge in [-0.25, -0.2) is 0 Å². The van der Waals surface area contributed by atoms with E-state index in [9.17, 15) is 13.2 Å². The topological polar surface area (TPSA) is 0 Å². The molecule has 4 heteroatoms. The van der Waals surface area contributed by atoms with Crippen LogP contribution in [-0.4, -0.2) is 15.3 Å². The summed E-state index contributed by atoms with van der Waals surface area (Å²) in [4.78, 5) is 0. The van der Waals surface area contributed by atoms with Crippen molar-refractivity contribution in [1.82, 2.24) is 0 Å². The summed E-state index contributed by atoms with van der Waals surface area (Å²) in [5.74, 6) is -1.56. The lowest BCUT2D eigenvalue weighted by molar-refractivity contribution is -0.0453. The molecule has 0 aliphatic heterocycles. The number of rotatable bonds is 0. The molecular formula is C9H7F3Si. The molecule has 0 bridgehead atoms. The summed E-state index contributed by atoms with van der Waals surface area (Å²) < 4.78 is 35.2. The van der Waals surface area contributed by atoms with Crippen molar-refractivity contribution < 1.29 is 13.2 Å². The van der Waals surface area contributed by atoms with Crippen molar-refractivity contribution in [2.45, 2.75) is 5.80 Å². The first kappa shape index (κ1) is 9.87. The fraction of sp³-hybridized carbons (Fsp3) is 0.111. The van der Waals surface area contributed by atoms with Crippen LogP contribution in [0.4, 0.5) is 13.2 Å². The third-order valence-corrected chi connectivity index (χ3v) is 2.05. The van der Waals surface area contributed by atoms with Crippen LogP contribution < -0.4 is 0 Å². The summed E-state index contributed by atoms with van der Waals surface area (Å²) in [7, 11) is -2.26. The van der Waals surface area contributed by atoms with Crippen LogP contribution in [0, 0.1) is 11.5 Å². The average Bonchev–Trinajstić information content (AvgIpc) is 2.04. The van der Waals surface area contributed by atoms with E-state index in [1.807, 2.05) is 0 Å². The third kappa shape index (κ3) is 4.38. The lowest BCUT2D eigenvalue weighted by atomic mass is 10.2. The average molecular weight is 200 g/mol. The minimum Gasteiger partial charge on any atom is -0.176 e. The van der Waals surface area contributed by atoms with Crippen LogP contribution in [0.1, 0.15) is 5.56 Å². The summed E-state index contributed by atoms with van der Waals surface area (Å²) in [5, 5.41) is 0. The second-order valence-corrected chi connectivity index (χ2v) is 3.97. The van der Waals surface area contributed by atoms with E-state index in [1.54, 1.807) is 30.3 Å². The first-order valence-electron chi connectivity index (χ1n) is 3.68. The highest BCUT2D eigenvalue weighted by atomic mass is 28.2. The van der Waals surface area contributed by atoms with E-state index in [0.29, 0.717) is 5.56 Å². The minimum absolute atomic E-state index is 0.638. The van der Waals surface area contributed by atoms with E-state index in [0.717, 1.165) is 0 Å². The maximum atomic E-state index is 11.7. The van der Waals surface area contributed by atoms with Gasteiger partial charge in [-0.15, -0.1) is 5.54 Å². The van der Waals surface area contributed by atoms with Gasteiger partial charge in [0.25, 0.3) is 0 Å². The molecule has 0 saturated carbocycles. The van der Waals surface area contributed by atoms with Crippen LogP contribution in [0.3, 0.4) is 0 Å². The molecule has 0 radical (unpaired) electrons. The molecule has 0 fully saturated rings. The highest BCUT2D eigenvalue weighted by molar-refractivity contribution is 6.48. The second-order valence-electron chi connectivity index (χ2n) is 2.46. The smallest absolute Gasteiger partial charge is 0.176 e. The SMILES string of the molecule is FC(F)(F)[SiH2]C#Cc1ccccc1. The van der Waals surface area contributed by atoms with Gasteiger partial charge in [0.1, 0.15) is 0 Å². The highest BCUT2D eigenvalue weighted by Crippen LogP contribution is 2.10. The number of hydrogen-bond acceptors (Lipinski definition) is 0. The van der Waals surface area contributed by atoms with Gasteiger partial charge >= 0.3 is 5.80 Å². The largest absolute Gasteiger partial charge is 0.367 e. The number of benzene rings is 1. The number of alkyl halides is 3. The Morgan fingerprint density at radius 3 is 2.23 bits per heavy atom. The molecule has 0 amide bonds. The van der Waals surface area contributed by atoms with Crippen LogP contribution in [0.25, 0.3) is 0 Å². The number of hydrogen-bond donors (Lipinski definition) is 0. The zero-order valence-electron chi connectivity index (χ0n) is 6.73. The summed E-state index contributed by atoms with van der Waals surface area (Å²) in [6, 6.07) is 8.68. The fourth-order valence-electron chi connectivity index (χ4n) is 0.768. The van der Waals surface area contributed by atoms with Crippen LogP contribution >= 0.6 is 0 Å². The monoisotopic (exact) mass is 200 g/mol. The Morgan fingerprint density at radius 2 is 1.69 bits per heavy atom. The van der Waals surface area contributed by atoms with Gasteiger partial charge in [0.15, 0.2) is 0 Å². The van der Waals surface area contributed by atoms with Crippen molar-refractivity contribution in [3.63, 3.8) is 0 Å². The van der Waals surface area contributed by atoms with Crippen LogP contribution in [0.2, 0.25) is 0 Å². The number of halogens is 3. The molecule has 0 heterocycles. The zero-order chi connectivity index (χ0) is 9.73. The van der Waals surface area contributed by atoms with Gasteiger partial charge in [0.05, 0.1) is 0 Å². The molecule has 0 nitrogen and oxygen atoms in total. The van der Waals surface area contributed by atoms with Crippen molar-refractivity contribution in [2.24, 2.45) is 0 Å². The summed E-state index contributed by atoms with van der Waals surface area (Å²) in [6.45, 7) is 0. The van der Waals surface area contributed by atoms with Gasteiger partial charge in [-0.05, 0) is 12.1 Å². The highest BCUT2D eigenvalue weighted by Gasteiger charge is 2.25. The first-order valence-corrected chi connectivity index (χ1v) is 5.10. The van der Waals surface area contributed by atoms with E-state index in [4.69, 9.17) is 0 Å². The van der Waals surface area contributed by atoms with Crippen molar-refractivity contribution in [3.8, 4) is 11.5 Å². The Balaban J connectivity index is 2.59. The molecular weight excluding hydrogens is 193 g/mol. The van der Waals surface area contributed by atoms with Gasteiger partial charge in [-0.3, -0.25) is 0 Å². The lowest BCUT2D eigenvalue weighted by Crippen LogP contribution is -2.16. The van der Waals surface area contributed by atoms with Crippen LogP contribution in [0.5, 0.6) is 0 Å². The Kier molecular flexibility index (Phi) is 3.15. The zero-order valence-corrected chi connectivity index (χ0v) is 8.14. The Morgan fingerprint density at radius 1 is 1.08 bits per heavy atom. The van der Waals surface area contributed by atoms with E-state index >= 15 is 0 Å². The summed E-state index contributed by atoms with van der Waals surface area (Å²) in [5.41, 5.74) is 2.84. The molecule has 1 aromatic rings. The third-order valence-electron chi connectivity index (χ3n) is 1.30. The van der Waals surface area contributed by atoms with E-state index in [1.165, 1.54) is 0 Å². The fourth-order valence-corrected chi connectivity index (χ4v) is 1.26. The molecule has 1 rings (SSSR count). The van der Waals surface area contributed by atoms with Gasteiger partial charge in [0, 0.05) is 5.56 Å². The molecule has 0 saturated heterocycles. The molecule has 0 spiro atoms. The maximum absolute atomic E-state index is 11.7. The van der Waals surface area contributed by atoms with E-state index < -0.39 is 15.3 Å². The predicted molar refractivity (Wildman–Crippen MR) is 47.9 cm³/mol. The van der Waals surface area contributed by atoms with Gasteiger partial charge < -0.3 is 0 Å². The first-order chi connectivity index (χ1) is 6.08. The Bertz CT molecular complexity index is 318. The molecule has 0 aliphatic carbocycles. The van der Waals surface area contributed by atoms with Crippen LogP contribution in [0.15, 0.2) is 30.3 Å². The predicted octanol–water partition coefficient (Wildman–Crippen LogP) is 1.68. The molecule has 0 N–H and O–H groups in total. The van der Waals surface area contributed by atoms with Crippen molar-refractivity contribution in [2.75, 3.05) is 0 Å². The van der Waals surface area contributed by atoms with E-state index in [-0.39, 0.29) is 0 Å². The lowest BCUT2D eigenvalue weighted by Gasteiger charge is -1.96. The molecule has 1 aromatic carbocycles. The van der Waals surface area contributed by atoms with Gasteiger partial charge in [-0.1, -0.05) is 24.1 Å². The maximum Gasteiger partial charge on any atom is 0.367 e. The Hall–Kier alpha value is -1.21. The Labute approximate surface area is 76.6 Å². The minimum atomic E-state index is -4.05. The summed E-state index contributed by atoms with van der Waals surface area (Å²) in [6.07, 6.45) is 0. The normalized spacial score (nSPS) is 11.3. The molecule has 0 aromatic heterocycles. The standard InChI is InChI=1S/C9H7F3Si/c10-9(11,12)13-7-6-8-4-2-1-3-5-8/h1-5H,13H2. The van der Waals surface area contributed by atoms with Crippen LogP contribution in [-0.2, 0) is 0 Å². The molecule has 0 aliphatic rings. The summed E-state index contributed by atoms with van der Waals surface area (Å²) >= 11 is 0. The molecule has 0 atom stereocenters. The van der Waals surface area contributed by atoms with E-state index in [2.05, 4.69) is 11.5 Å². The van der Waals surface area contributed by atoms with Gasteiger partial charge in [0.2, 0.25) is 9.52 Å². The van der Waals surface area contributed by atoms with Crippen molar-refractivity contribution in [1.29, 1.82) is 0 Å².